The summed E-state index contributed by atoms with van der Waals surface area (Å²) in [5.41, 5.74) is -6.79. The number of nitrogens with one attached hydrogen (secondary N) is 1. The van der Waals surface area contributed by atoms with Gasteiger partial charge in [-0.2, -0.15) is 26.3 Å². The quantitative estimate of drug-likeness (QED) is 0.108. The molecule has 0 fully saturated rings. The van der Waals surface area contributed by atoms with Gasteiger partial charge >= 0.3 is 24.3 Å². The Hall–Kier alpha value is -5.66. The number of hydrogen-bond donors (Lipinski definition) is 1. The molecule has 6 rings (SSSR count). The molecular formula is C31H15F6NO7. The van der Waals surface area contributed by atoms with Crippen LogP contribution in [0.3, 0.4) is 0 Å². The summed E-state index contributed by atoms with van der Waals surface area (Å²) in [5, 5.41) is 2.09. The van der Waals surface area contributed by atoms with Crippen molar-refractivity contribution in [3.63, 3.8) is 0 Å². The second-order valence-electron chi connectivity index (χ2n) is 9.87. The Kier molecular flexibility index (Phi) is 6.68. The van der Waals surface area contributed by atoms with Crippen LogP contribution in [0.1, 0.15) is 52.6 Å². The van der Waals surface area contributed by atoms with Gasteiger partial charge in [0.2, 0.25) is 5.41 Å². The van der Waals surface area contributed by atoms with Gasteiger partial charge in [-0.05, 0) is 71.8 Å². The molecule has 2 aliphatic rings. The van der Waals surface area contributed by atoms with Gasteiger partial charge < -0.3 is 14.2 Å². The van der Waals surface area contributed by atoms with Crippen molar-refractivity contribution in [1.29, 1.82) is 0 Å². The Labute approximate surface area is 248 Å². The molecule has 1 N–H and O–H groups in total. The minimum absolute atomic E-state index is 0.00323. The van der Waals surface area contributed by atoms with Gasteiger partial charge in [0, 0.05) is 0 Å². The predicted molar refractivity (Wildman–Crippen MR) is 140 cm³/mol. The van der Waals surface area contributed by atoms with Crippen molar-refractivity contribution >= 4 is 23.8 Å². The molecule has 228 valence electrons. The average molecular weight is 627 g/mol. The molecule has 4 aromatic rings. The third-order valence-corrected chi connectivity index (χ3v) is 7.22. The molecule has 0 spiro atoms. The minimum atomic E-state index is -5.86. The normalized spacial score (nSPS) is 14.5. The number of benzene rings is 4. The van der Waals surface area contributed by atoms with Gasteiger partial charge in [-0.15, -0.1) is 0 Å². The largest absolute Gasteiger partial charge is 0.457 e. The lowest BCUT2D eigenvalue weighted by atomic mass is 9.73. The van der Waals surface area contributed by atoms with Gasteiger partial charge in [0.15, 0.2) is 0 Å². The standard InChI is InChI=1S/C31H15F6NO7/c32-30(33,34)29(31(35,36)37,15-1-5-17(6-2-15)43-19-9-11-21-23(13-19)26(40)38-25(21)39)16-3-7-18(8-4-16)44-20-10-12-22-24(14-20)28(42)45-27(22)41/h1-14H,(H,38,39,40). The molecule has 45 heavy (non-hydrogen) atoms. The van der Waals surface area contributed by atoms with E-state index in [2.05, 4.69) is 10.1 Å². The molecule has 2 aliphatic heterocycles. The zero-order valence-electron chi connectivity index (χ0n) is 22.2. The Bertz CT molecular complexity index is 1760. The molecule has 4 aromatic carbocycles. The first kappa shape index (κ1) is 29.4. The summed E-state index contributed by atoms with van der Waals surface area (Å²) < 4.78 is 103. The minimum Gasteiger partial charge on any atom is -0.457 e. The first-order valence-corrected chi connectivity index (χ1v) is 12.8. The average Bonchev–Trinajstić information content (AvgIpc) is 3.41. The molecule has 0 saturated carbocycles. The zero-order chi connectivity index (χ0) is 32.3. The topological polar surface area (TPSA) is 108 Å². The molecule has 8 nitrogen and oxygen atoms in total. The van der Waals surface area contributed by atoms with E-state index in [0.29, 0.717) is 24.3 Å². The number of cyclic esters (lactones) is 2. The van der Waals surface area contributed by atoms with Crippen molar-refractivity contribution in [2.45, 2.75) is 17.8 Å². The van der Waals surface area contributed by atoms with Crippen molar-refractivity contribution < 1.29 is 59.7 Å². The van der Waals surface area contributed by atoms with Crippen molar-refractivity contribution in [1.82, 2.24) is 5.32 Å². The van der Waals surface area contributed by atoms with Crippen LogP contribution >= 0.6 is 0 Å². The second-order valence-corrected chi connectivity index (χ2v) is 9.87. The molecule has 0 saturated heterocycles. The SMILES string of the molecule is O=C1NC(=O)c2cc(Oc3ccc(C(c4ccc(Oc5ccc6c(c5)C(=O)OC6=O)cc4)(C(F)(F)F)C(F)(F)F)cc3)ccc21. The van der Waals surface area contributed by atoms with E-state index in [-0.39, 0.29) is 45.3 Å². The van der Waals surface area contributed by atoms with Crippen LogP contribution in [0, 0.1) is 0 Å². The fraction of sp³-hybridized carbons (Fsp3) is 0.0968. The monoisotopic (exact) mass is 627 g/mol. The van der Waals surface area contributed by atoms with Crippen LogP contribution in [0.5, 0.6) is 23.0 Å². The predicted octanol–water partition coefficient (Wildman–Crippen LogP) is 6.88. The van der Waals surface area contributed by atoms with E-state index < -0.39 is 52.6 Å². The lowest BCUT2D eigenvalue weighted by Gasteiger charge is -2.38. The summed E-state index contributed by atoms with van der Waals surface area (Å²) in [6, 6.07) is 13.7. The number of alkyl halides is 6. The van der Waals surface area contributed by atoms with E-state index in [1.165, 1.54) is 30.3 Å². The van der Waals surface area contributed by atoms with E-state index in [0.717, 1.165) is 30.3 Å². The zero-order valence-corrected chi connectivity index (χ0v) is 22.2. The number of rotatable bonds is 6. The van der Waals surface area contributed by atoms with Gasteiger partial charge in [-0.25, -0.2) is 9.59 Å². The first-order chi connectivity index (χ1) is 21.2. The van der Waals surface area contributed by atoms with E-state index in [4.69, 9.17) is 9.47 Å². The summed E-state index contributed by atoms with van der Waals surface area (Å²) in [6.07, 6.45) is -11.7. The van der Waals surface area contributed by atoms with Crippen molar-refractivity contribution in [2.24, 2.45) is 0 Å². The summed E-state index contributed by atoms with van der Waals surface area (Å²) in [5.74, 6) is -3.37. The third kappa shape index (κ3) is 4.83. The Morgan fingerprint density at radius 1 is 0.489 bits per heavy atom. The van der Waals surface area contributed by atoms with Crippen LogP contribution in [0.4, 0.5) is 26.3 Å². The summed E-state index contributed by atoms with van der Waals surface area (Å²) in [7, 11) is 0. The maximum atomic E-state index is 14.6. The first-order valence-electron chi connectivity index (χ1n) is 12.8. The Balaban J connectivity index is 1.31. The van der Waals surface area contributed by atoms with Gasteiger partial charge in [-0.3, -0.25) is 14.9 Å². The van der Waals surface area contributed by atoms with E-state index >= 15 is 0 Å². The molecule has 0 bridgehead atoms. The molecule has 0 unspecified atom stereocenters. The summed E-state index contributed by atoms with van der Waals surface area (Å²) in [6.45, 7) is 0. The van der Waals surface area contributed by atoms with E-state index in [1.807, 2.05) is 0 Å². The van der Waals surface area contributed by atoms with Gasteiger partial charge in [-0.1, -0.05) is 24.3 Å². The van der Waals surface area contributed by atoms with Crippen LogP contribution in [0.2, 0.25) is 0 Å². The number of carbonyl (C=O) groups excluding carboxylic acids is 4. The molecule has 0 atom stereocenters. The molecule has 2 amide bonds. The summed E-state index contributed by atoms with van der Waals surface area (Å²) in [4.78, 5) is 47.0. The number of imide groups is 1. The number of carbonyl (C=O) groups is 4. The number of halogens is 6. The molecule has 0 aliphatic carbocycles. The number of esters is 2. The number of fused-ring (bicyclic) bond motifs is 2. The van der Waals surface area contributed by atoms with Crippen molar-refractivity contribution in [2.75, 3.05) is 0 Å². The number of amides is 2. The molecular weight excluding hydrogens is 612 g/mol. The van der Waals surface area contributed by atoms with Crippen LogP contribution in [-0.2, 0) is 10.2 Å². The Morgan fingerprint density at radius 2 is 0.889 bits per heavy atom. The molecule has 0 radical (unpaired) electrons. The van der Waals surface area contributed by atoms with Crippen molar-refractivity contribution in [3.8, 4) is 23.0 Å². The van der Waals surface area contributed by atoms with E-state index in [9.17, 15) is 45.5 Å². The molecule has 14 heteroatoms. The third-order valence-electron chi connectivity index (χ3n) is 7.22. The molecule has 2 heterocycles. The van der Waals surface area contributed by atoms with Crippen LogP contribution in [-0.4, -0.2) is 36.1 Å². The molecule has 0 aromatic heterocycles. The van der Waals surface area contributed by atoms with Gasteiger partial charge in [0.05, 0.1) is 22.3 Å². The van der Waals surface area contributed by atoms with Crippen LogP contribution < -0.4 is 14.8 Å². The van der Waals surface area contributed by atoms with E-state index in [1.54, 1.807) is 0 Å². The second kappa shape index (κ2) is 10.2. The van der Waals surface area contributed by atoms with Gasteiger partial charge in [0.25, 0.3) is 11.8 Å². The lowest BCUT2D eigenvalue weighted by Crippen LogP contribution is -2.54. The fourth-order valence-corrected chi connectivity index (χ4v) is 5.14. The highest BCUT2D eigenvalue weighted by Crippen LogP contribution is 2.56. The highest BCUT2D eigenvalue weighted by Gasteiger charge is 2.72. The van der Waals surface area contributed by atoms with Gasteiger partial charge in [0.1, 0.15) is 23.0 Å². The number of hydrogen-bond acceptors (Lipinski definition) is 7. The van der Waals surface area contributed by atoms with Crippen LogP contribution in [0.15, 0.2) is 84.9 Å². The maximum absolute atomic E-state index is 14.6. The highest BCUT2D eigenvalue weighted by molar-refractivity contribution is 6.21. The smallest absolute Gasteiger partial charge is 0.411 e. The maximum Gasteiger partial charge on any atom is 0.411 e. The lowest BCUT2D eigenvalue weighted by molar-refractivity contribution is -0.288. The number of ether oxygens (including phenoxy) is 3. The highest BCUT2D eigenvalue weighted by atomic mass is 19.4. The fourth-order valence-electron chi connectivity index (χ4n) is 5.14. The van der Waals surface area contributed by atoms with Crippen molar-refractivity contribution in [3.05, 3.63) is 118 Å². The van der Waals surface area contributed by atoms with Crippen LogP contribution in [0.25, 0.3) is 0 Å². The summed E-state index contributed by atoms with van der Waals surface area (Å²) >= 11 is 0. The Morgan fingerprint density at radius 3 is 1.38 bits per heavy atom.